The zero-order chi connectivity index (χ0) is 19.7. The van der Waals surface area contributed by atoms with E-state index in [2.05, 4.69) is 35.5 Å². The predicted molar refractivity (Wildman–Crippen MR) is 112 cm³/mol. The fourth-order valence-electron chi connectivity index (χ4n) is 5.73. The molecule has 2 aliphatic heterocycles. The number of aromatic nitrogens is 1. The Kier molecular flexibility index (Phi) is 4.04. The minimum Gasteiger partial charge on any atom is -0.373 e. The van der Waals surface area contributed by atoms with Crippen LogP contribution in [0, 0.1) is 11.2 Å². The number of pyridine rings is 1. The molecular weight excluding hydrogens is 396 g/mol. The molecule has 6 heteroatoms. The first-order chi connectivity index (χ1) is 13.3. The lowest BCUT2D eigenvalue weighted by molar-refractivity contribution is 0.0953. The van der Waals surface area contributed by atoms with Gasteiger partial charge in [0.2, 0.25) is 0 Å². The van der Waals surface area contributed by atoms with Crippen molar-refractivity contribution in [3.63, 3.8) is 0 Å². The maximum atomic E-state index is 15.0. The maximum absolute atomic E-state index is 15.0. The quantitative estimate of drug-likeness (QED) is 0.567. The molecule has 0 amide bonds. The largest absolute Gasteiger partial charge is 0.373 e. The van der Waals surface area contributed by atoms with Gasteiger partial charge in [-0.1, -0.05) is 43.1 Å². The summed E-state index contributed by atoms with van der Waals surface area (Å²) in [5, 5.41) is 8.22. The first-order valence-corrected chi connectivity index (χ1v) is 10.7. The fraction of sp³-hybridized carbons (Fsp3) is 0.500. The van der Waals surface area contributed by atoms with Gasteiger partial charge in [-0.3, -0.25) is 0 Å². The summed E-state index contributed by atoms with van der Waals surface area (Å²) in [5.41, 5.74) is 2.75. The highest BCUT2D eigenvalue weighted by molar-refractivity contribution is 6.31. The summed E-state index contributed by atoms with van der Waals surface area (Å²) in [5.74, 6) is -0.476. The van der Waals surface area contributed by atoms with E-state index in [4.69, 9.17) is 23.2 Å². The average molecular weight is 420 g/mol. The molecule has 1 aromatic carbocycles. The van der Waals surface area contributed by atoms with E-state index in [0.29, 0.717) is 22.5 Å². The molecule has 2 spiro atoms. The van der Waals surface area contributed by atoms with Gasteiger partial charge in [-0.05, 0) is 54.9 Å². The molecule has 2 atom stereocenters. The summed E-state index contributed by atoms with van der Waals surface area (Å²) in [6.45, 7) is 5.37. The van der Waals surface area contributed by atoms with E-state index in [-0.39, 0.29) is 22.1 Å². The Morgan fingerprint density at radius 1 is 1.11 bits per heavy atom. The van der Waals surface area contributed by atoms with E-state index in [9.17, 15) is 0 Å². The maximum Gasteiger partial charge on any atom is 0.165 e. The van der Waals surface area contributed by atoms with Crippen LogP contribution in [-0.4, -0.2) is 17.1 Å². The lowest BCUT2D eigenvalue weighted by atomic mass is 9.55. The molecule has 148 valence electrons. The SMILES string of the molecule is CC1(C)CCC2(CC1)NCC(c1ccnc(Cl)c1F)C21Nc2cc(Cl)ccc21. The summed E-state index contributed by atoms with van der Waals surface area (Å²) in [4.78, 5) is 3.91. The van der Waals surface area contributed by atoms with Crippen LogP contribution in [0.4, 0.5) is 10.1 Å². The Bertz CT molecular complexity index is 951. The fourth-order valence-corrected chi connectivity index (χ4v) is 6.06. The molecule has 5 rings (SSSR count). The molecule has 28 heavy (non-hydrogen) atoms. The molecule has 0 bridgehead atoms. The van der Waals surface area contributed by atoms with E-state index in [1.807, 2.05) is 12.1 Å². The van der Waals surface area contributed by atoms with Crippen LogP contribution in [0.2, 0.25) is 10.2 Å². The Labute approximate surface area is 175 Å². The smallest absolute Gasteiger partial charge is 0.165 e. The molecule has 2 N–H and O–H groups in total. The molecule has 1 aromatic heterocycles. The predicted octanol–water partition coefficient (Wildman–Crippen LogP) is 5.87. The van der Waals surface area contributed by atoms with Gasteiger partial charge in [0.15, 0.2) is 11.0 Å². The highest BCUT2D eigenvalue weighted by Gasteiger charge is 2.66. The monoisotopic (exact) mass is 419 g/mol. The number of fused-ring (bicyclic) bond motifs is 3. The lowest BCUT2D eigenvalue weighted by Crippen LogP contribution is -2.65. The van der Waals surface area contributed by atoms with Crippen molar-refractivity contribution in [3.8, 4) is 0 Å². The normalized spacial score (nSPS) is 29.4. The minimum absolute atomic E-state index is 0.0611. The van der Waals surface area contributed by atoms with Crippen LogP contribution >= 0.6 is 23.2 Å². The number of rotatable bonds is 1. The van der Waals surface area contributed by atoms with Gasteiger partial charge in [0, 0.05) is 40.5 Å². The zero-order valence-corrected chi connectivity index (χ0v) is 17.6. The van der Waals surface area contributed by atoms with Crippen molar-refractivity contribution < 1.29 is 4.39 Å². The second-order valence-electron chi connectivity index (χ2n) is 9.31. The molecule has 2 aromatic rings. The van der Waals surface area contributed by atoms with Gasteiger partial charge in [-0.2, -0.15) is 0 Å². The molecule has 2 unspecified atom stereocenters. The number of nitrogens with zero attached hydrogens (tertiary/aromatic N) is 1. The number of hydrogen-bond donors (Lipinski definition) is 2. The van der Waals surface area contributed by atoms with Crippen LogP contribution in [0.25, 0.3) is 0 Å². The van der Waals surface area contributed by atoms with E-state index >= 15 is 4.39 Å². The van der Waals surface area contributed by atoms with Crippen molar-refractivity contribution in [2.24, 2.45) is 5.41 Å². The van der Waals surface area contributed by atoms with Gasteiger partial charge >= 0.3 is 0 Å². The Hall–Kier alpha value is -1.36. The summed E-state index contributed by atoms with van der Waals surface area (Å²) >= 11 is 12.3. The summed E-state index contributed by atoms with van der Waals surface area (Å²) < 4.78 is 15.0. The highest BCUT2D eigenvalue weighted by atomic mass is 35.5. The minimum atomic E-state index is -0.409. The van der Waals surface area contributed by atoms with Crippen LogP contribution in [-0.2, 0) is 5.54 Å². The van der Waals surface area contributed by atoms with Crippen LogP contribution < -0.4 is 10.6 Å². The lowest BCUT2D eigenvalue weighted by Gasteiger charge is -2.59. The Morgan fingerprint density at radius 2 is 1.86 bits per heavy atom. The molecule has 0 radical (unpaired) electrons. The number of benzene rings is 1. The summed E-state index contributed by atoms with van der Waals surface area (Å²) in [7, 11) is 0. The van der Waals surface area contributed by atoms with E-state index < -0.39 is 5.82 Å². The third kappa shape index (κ3) is 2.41. The molecule has 1 aliphatic carbocycles. The van der Waals surface area contributed by atoms with Crippen LogP contribution in [0.5, 0.6) is 0 Å². The molecule has 3 aliphatic rings. The van der Waals surface area contributed by atoms with Crippen molar-refractivity contribution in [1.29, 1.82) is 0 Å². The van der Waals surface area contributed by atoms with Crippen molar-refractivity contribution in [1.82, 2.24) is 10.3 Å². The Balaban J connectivity index is 1.66. The number of anilines is 1. The van der Waals surface area contributed by atoms with Gasteiger partial charge in [0.25, 0.3) is 0 Å². The van der Waals surface area contributed by atoms with Gasteiger partial charge < -0.3 is 10.6 Å². The second-order valence-corrected chi connectivity index (χ2v) is 10.1. The number of halogens is 3. The van der Waals surface area contributed by atoms with Crippen molar-refractivity contribution >= 4 is 28.9 Å². The average Bonchev–Trinajstić information content (AvgIpc) is 2.96. The van der Waals surface area contributed by atoms with Crippen molar-refractivity contribution in [2.45, 2.75) is 56.5 Å². The number of hydrogen-bond acceptors (Lipinski definition) is 3. The first-order valence-electron chi connectivity index (χ1n) is 9.91. The van der Waals surface area contributed by atoms with Crippen molar-refractivity contribution in [3.05, 3.63) is 57.6 Å². The van der Waals surface area contributed by atoms with E-state index in [1.54, 1.807) is 12.3 Å². The van der Waals surface area contributed by atoms with Crippen molar-refractivity contribution in [2.75, 3.05) is 11.9 Å². The van der Waals surface area contributed by atoms with Gasteiger partial charge in [-0.15, -0.1) is 0 Å². The zero-order valence-electron chi connectivity index (χ0n) is 16.1. The summed E-state index contributed by atoms with van der Waals surface area (Å²) in [6, 6.07) is 7.79. The van der Waals surface area contributed by atoms with Crippen LogP contribution in [0.3, 0.4) is 0 Å². The third-order valence-electron chi connectivity index (χ3n) is 7.37. The van der Waals surface area contributed by atoms with Gasteiger partial charge in [-0.25, -0.2) is 9.37 Å². The first kappa shape index (κ1) is 18.7. The second kappa shape index (κ2) is 6.07. The molecule has 2 fully saturated rings. The van der Waals surface area contributed by atoms with Crippen LogP contribution in [0.15, 0.2) is 30.5 Å². The molecular formula is C22H24Cl2FN3. The summed E-state index contributed by atoms with van der Waals surface area (Å²) in [6.07, 6.45) is 5.97. The van der Waals surface area contributed by atoms with Crippen LogP contribution in [0.1, 0.15) is 56.6 Å². The topological polar surface area (TPSA) is 37.0 Å². The third-order valence-corrected chi connectivity index (χ3v) is 7.87. The molecule has 3 heterocycles. The van der Waals surface area contributed by atoms with Gasteiger partial charge in [0.1, 0.15) is 0 Å². The Morgan fingerprint density at radius 3 is 2.57 bits per heavy atom. The van der Waals surface area contributed by atoms with Gasteiger partial charge in [0.05, 0.1) is 5.54 Å². The highest BCUT2D eigenvalue weighted by Crippen LogP contribution is 2.63. The van der Waals surface area contributed by atoms with E-state index in [0.717, 1.165) is 31.4 Å². The molecule has 1 saturated carbocycles. The van der Waals surface area contributed by atoms with E-state index in [1.165, 1.54) is 5.56 Å². The molecule has 1 saturated heterocycles. The molecule has 3 nitrogen and oxygen atoms in total. The number of nitrogens with one attached hydrogen (secondary N) is 2. The standard InChI is InChI=1S/C22H24Cl2FN3/c1-20(2)6-8-21(9-7-20)22(15-4-3-13(23)11-17(15)28-22)16(12-27-21)14-5-10-26-19(24)18(14)25/h3-5,10-11,16,27-28H,6-9,12H2,1-2H3.